The highest BCUT2D eigenvalue weighted by Gasteiger charge is 2.35. The van der Waals surface area contributed by atoms with Crippen molar-refractivity contribution in [1.29, 1.82) is 0 Å². The number of esters is 1. The summed E-state index contributed by atoms with van der Waals surface area (Å²) in [5, 5.41) is 3.43. The van der Waals surface area contributed by atoms with E-state index in [1.54, 1.807) is 6.92 Å². The fraction of sp³-hybridized carbons (Fsp3) is 0.684. The smallest absolute Gasteiger partial charge is 0.341 e. The first kappa shape index (κ1) is 19.9. The fourth-order valence-electron chi connectivity index (χ4n) is 3.34. The number of hydrogen-bond donors (Lipinski definition) is 1. The maximum atomic E-state index is 12.5. The molecule has 1 aromatic heterocycles. The van der Waals surface area contributed by atoms with Crippen LogP contribution in [0.2, 0.25) is 0 Å². The highest BCUT2D eigenvalue weighted by molar-refractivity contribution is 7.17. The predicted molar refractivity (Wildman–Crippen MR) is 100 cm³/mol. The molecule has 6 heteroatoms. The second-order valence-corrected chi connectivity index (χ2v) is 8.30. The Morgan fingerprint density at radius 3 is 2.64 bits per heavy atom. The van der Waals surface area contributed by atoms with Crippen molar-refractivity contribution in [1.82, 2.24) is 0 Å². The molecule has 0 bridgehead atoms. The Hall–Kier alpha value is -1.40. The Kier molecular flexibility index (Phi) is 6.63. The molecule has 1 aliphatic carbocycles. The number of nitrogens with one attached hydrogen (secondary N) is 1. The van der Waals surface area contributed by atoms with E-state index in [2.05, 4.69) is 26.1 Å². The van der Waals surface area contributed by atoms with Gasteiger partial charge >= 0.3 is 5.97 Å². The number of fused-ring (bicyclic) bond motifs is 1. The van der Waals surface area contributed by atoms with Crippen molar-refractivity contribution in [3.63, 3.8) is 0 Å². The van der Waals surface area contributed by atoms with E-state index in [0.717, 1.165) is 31.2 Å². The normalized spacial score (nSPS) is 17.1. The van der Waals surface area contributed by atoms with E-state index in [1.165, 1.54) is 23.3 Å². The number of carbonyl (C=O) groups is 2. The van der Waals surface area contributed by atoms with Crippen LogP contribution in [-0.2, 0) is 27.1 Å². The first-order valence-electron chi connectivity index (χ1n) is 8.94. The van der Waals surface area contributed by atoms with Crippen LogP contribution in [0.15, 0.2) is 0 Å². The average molecular weight is 368 g/mol. The van der Waals surface area contributed by atoms with E-state index >= 15 is 0 Å². The molecule has 0 radical (unpaired) electrons. The van der Waals surface area contributed by atoms with Gasteiger partial charge in [0.2, 0.25) is 0 Å². The van der Waals surface area contributed by atoms with Crippen LogP contribution in [0.5, 0.6) is 0 Å². The summed E-state index contributed by atoms with van der Waals surface area (Å²) < 4.78 is 10.1. The number of methoxy groups -OCH3 is 1. The summed E-state index contributed by atoms with van der Waals surface area (Å²) in [6, 6.07) is 0. The summed E-state index contributed by atoms with van der Waals surface area (Å²) in [7, 11) is 1.47. The highest BCUT2D eigenvalue weighted by atomic mass is 32.1. The summed E-state index contributed by atoms with van der Waals surface area (Å²) in [5.74, 6) is -0.0146. The van der Waals surface area contributed by atoms with Gasteiger partial charge in [-0.15, -0.1) is 11.3 Å². The third kappa shape index (κ3) is 4.42. The van der Waals surface area contributed by atoms with E-state index in [-0.39, 0.29) is 23.9 Å². The van der Waals surface area contributed by atoms with Crippen LogP contribution >= 0.6 is 11.3 Å². The average Bonchev–Trinajstić information content (AvgIpc) is 2.92. The maximum absolute atomic E-state index is 12.5. The van der Waals surface area contributed by atoms with Gasteiger partial charge in [-0.25, -0.2) is 4.79 Å². The summed E-state index contributed by atoms with van der Waals surface area (Å²) >= 11 is 1.51. The lowest BCUT2D eigenvalue weighted by Gasteiger charge is -2.36. The molecule has 1 aromatic rings. The molecule has 25 heavy (non-hydrogen) atoms. The van der Waals surface area contributed by atoms with Crippen LogP contribution < -0.4 is 5.32 Å². The number of rotatable bonds is 7. The lowest BCUT2D eigenvalue weighted by molar-refractivity contribution is -0.119. The molecule has 1 unspecified atom stereocenters. The Morgan fingerprint density at radius 1 is 1.32 bits per heavy atom. The standard InChI is InChI=1S/C19H29NO4S/c1-6-19(3,4)12-8-9-13-14(10-12)25-17(20-15(21)11-23-5)16(13)18(22)24-7-2/h12H,6-11H2,1-5H3,(H,20,21). The van der Waals surface area contributed by atoms with Crippen LogP contribution in [0.1, 0.15) is 61.3 Å². The SMILES string of the molecule is CCOC(=O)c1c(NC(=O)COC)sc2c1CCC(C(C)(C)CC)C2. The summed E-state index contributed by atoms with van der Waals surface area (Å²) in [4.78, 5) is 25.6. The van der Waals surface area contributed by atoms with Gasteiger partial charge in [0, 0.05) is 12.0 Å². The summed E-state index contributed by atoms with van der Waals surface area (Å²) in [6.07, 6.45) is 3.99. The third-order valence-corrected chi connectivity index (χ3v) is 6.46. The molecule has 0 saturated heterocycles. The van der Waals surface area contributed by atoms with Gasteiger partial charge < -0.3 is 14.8 Å². The number of carbonyl (C=O) groups excluding carboxylic acids is 2. The van der Waals surface area contributed by atoms with Crippen molar-refractivity contribution in [2.24, 2.45) is 11.3 Å². The van der Waals surface area contributed by atoms with Crippen molar-refractivity contribution in [3.05, 3.63) is 16.0 Å². The lowest BCUT2D eigenvalue weighted by atomic mass is 9.69. The molecule has 0 saturated carbocycles. The molecule has 1 heterocycles. The molecule has 1 aliphatic rings. The molecule has 1 amide bonds. The number of hydrogen-bond acceptors (Lipinski definition) is 5. The largest absolute Gasteiger partial charge is 0.462 e. The lowest BCUT2D eigenvalue weighted by Crippen LogP contribution is -2.28. The van der Waals surface area contributed by atoms with Gasteiger partial charge in [-0.05, 0) is 43.1 Å². The van der Waals surface area contributed by atoms with Crippen molar-refractivity contribution in [3.8, 4) is 0 Å². The number of amides is 1. The quantitative estimate of drug-likeness (QED) is 0.739. The van der Waals surface area contributed by atoms with Crippen molar-refractivity contribution in [2.75, 3.05) is 25.6 Å². The van der Waals surface area contributed by atoms with Crippen LogP contribution in [0.3, 0.4) is 0 Å². The van der Waals surface area contributed by atoms with Gasteiger partial charge in [0.1, 0.15) is 11.6 Å². The maximum Gasteiger partial charge on any atom is 0.341 e. The Labute approximate surface area is 154 Å². The Balaban J connectivity index is 2.35. The van der Waals surface area contributed by atoms with Crippen molar-refractivity contribution < 1.29 is 19.1 Å². The van der Waals surface area contributed by atoms with Crippen LogP contribution in [0, 0.1) is 11.3 Å². The highest BCUT2D eigenvalue weighted by Crippen LogP contribution is 2.45. The van der Waals surface area contributed by atoms with Crippen LogP contribution in [-0.4, -0.2) is 32.2 Å². The number of ether oxygens (including phenoxy) is 2. The van der Waals surface area contributed by atoms with Crippen LogP contribution in [0.25, 0.3) is 0 Å². The molecule has 140 valence electrons. The van der Waals surface area contributed by atoms with Crippen molar-refractivity contribution >= 4 is 28.2 Å². The topological polar surface area (TPSA) is 64.6 Å². The van der Waals surface area contributed by atoms with E-state index in [1.807, 2.05) is 0 Å². The molecule has 0 spiro atoms. The van der Waals surface area contributed by atoms with Gasteiger partial charge in [-0.2, -0.15) is 0 Å². The third-order valence-electron chi connectivity index (χ3n) is 5.29. The second kappa shape index (κ2) is 8.32. The van der Waals surface area contributed by atoms with Gasteiger partial charge in [-0.3, -0.25) is 4.79 Å². The van der Waals surface area contributed by atoms with Gasteiger partial charge in [0.05, 0.1) is 12.2 Å². The predicted octanol–water partition coefficient (Wildman–Crippen LogP) is 4.05. The van der Waals surface area contributed by atoms with E-state index < -0.39 is 0 Å². The molecular weight excluding hydrogens is 338 g/mol. The number of thiophene rings is 1. The van der Waals surface area contributed by atoms with Gasteiger partial charge in [0.25, 0.3) is 5.91 Å². The number of anilines is 1. The first-order valence-corrected chi connectivity index (χ1v) is 9.76. The monoisotopic (exact) mass is 367 g/mol. The zero-order chi connectivity index (χ0) is 18.6. The molecule has 1 atom stereocenters. The minimum Gasteiger partial charge on any atom is -0.462 e. The molecular formula is C19H29NO4S. The van der Waals surface area contributed by atoms with Crippen molar-refractivity contribution in [2.45, 2.75) is 53.4 Å². The molecule has 5 nitrogen and oxygen atoms in total. The minimum absolute atomic E-state index is 0.0314. The Morgan fingerprint density at radius 2 is 2.04 bits per heavy atom. The van der Waals surface area contributed by atoms with Crippen LogP contribution in [0.4, 0.5) is 5.00 Å². The zero-order valence-corrected chi connectivity index (χ0v) is 16.7. The zero-order valence-electron chi connectivity index (χ0n) is 15.9. The van der Waals surface area contributed by atoms with E-state index in [0.29, 0.717) is 23.1 Å². The second-order valence-electron chi connectivity index (χ2n) is 7.19. The van der Waals surface area contributed by atoms with E-state index in [4.69, 9.17) is 9.47 Å². The molecule has 1 N–H and O–H groups in total. The first-order chi connectivity index (χ1) is 11.8. The fourth-order valence-corrected chi connectivity index (χ4v) is 4.67. The summed E-state index contributed by atoms with van der Waals surface area (Å²) in [6.45, 7) is 8.92. The molecule has 0 aromatic carbocycles. The van der Waals surface area contributed by atoms with Gasteiger partial charge in [-0.1, -0.05) is 27.2 Å². The van der Waals surface area contributed by atoms with Gasteiger partial charge in [0.15, 0.2) is 0 Å². The van der Waals surface area contributed by atoms with E-state index in [9.17, 15) is 9.59 Å². The molecule has 0 fully saturated rings. The summed E-state index contributed by atoms with van der Waals surface area (Å²) in [5.41, 5.74) is 1.86. The Bertz CT molecular complexity index is 636. The molecule has 0 aliphatic heterocycles. The molecule has 2 rings (SSSR count). The minimum atomic E-state index is -0.346.